The number of hydrogen-bond acceptors (Lipinski definition) is 6. The molecule has 0 radical (unpaired) electrons. The van der Waals surface area contributed by atoms with Gasteiger partial charge in [-0.25, -0.2) is 9.78 Å². The van der Waals surface area contributed by atoms with E-state index in [0.717, 1.165) is 31.7 Å². The van der Waals surface area contributed by atoms with E-state index in [1.54, 1.807) is 11.1 Å². The summed E-state index contributed by atoms with van der Waals surface area (Å²) in [7, 11) is 0. The Balaban J connectivity index is 0.993. The minimum Gasteiger partial charge on any atom is -0.476 e. The fourth-order valence-electron chi connectivity index (χ4n) is 4.76. The zero-order chi connectivity index (χ0) is 21.8. The molecule has 7 nitrogen and oxygen atoms in total. The fraction of sp³-hybridized carbons (Fsp3) is 0.520. The highest BCUT2D eigenvalue weighted by atomic mass is 16.6. The molecule has 3 heterocycles. The van der Waals surface area contributed by atoms with Gasteiger partial charge in [0.2, 0.25) is 5.88 Å². The van der Waals surface area contributed by atoms with E-state index in [4.69, 9.17) is 9.47 Å². The number of piperidine rings is 1. The van der Waals surface area contributed by atoms with Crippen LogP contribution >= 0.6 is 0 Å². The monoisotopic (exact) mass is 436 g/mol. The van der Waals surface area contributed by atoms with Gasteiger partial charge in [-0.2, -0.15) is 0 Å². The highest BCUT2D eigenvalue weighted by Crippen LogP contribution is 2.41. The van der Waals surface area contributed by atoms with Gasteiger partial charge < -0.3 is 14.8 Å². The number of rotatable bonds is 8. The Morgan fingerprint density at radius 2 is 1.94 bits per heavy atom. The van der Waals surface area contributed by atoms with Crippen LogP contribution in [0.4, 0.5) is 10.5 Å². The Hall–Kier alpha value is -2.64. The molecule has 0 spiro atoms. The standard InChI is InChI=1S/C25H32N4O3/c30-25-29(11-4-15-32-25)21-7-8-24(26-18-21)31-16-14-28-12-9-20(10-13-28)27-23-17-22(23)19-5-2-1-3-6-19/h1-3,5-8,18,20,22-23,27H,4,9-17H2/t22-,23+/m0/s1. The molecule has 1 aromatic carbocycles. The molecule has 1 aromatic heterocycles. The molecule has 32 heavy (non-hydrogen) atoms. The number of carbonyl (C=O) groups excluding carboxylic acids is 1. The van der Waals surface area contributed by atoms with Crippen molar-refractivity contribution in [2.45, 2.75) is 43.7 Å². The number of pyridine rings is 1. The van der Waals surface area contributed by atoms with Gasteiger partial charge in [0.25, 0.3) is 0 Å². The van der Waals surface area contributed by atoms with E-state index in [-0.39, 0.29) is 6.09 Å². The third-order valence-electron chi connectivity index (χ3n) is 6.72. The summed E-state index contributed by atoms with van der Waals surface area (Å²) >= 11 is 0. The Bertz CT molecular complexity index is 884. The Labute approximate surface area is 189 Å². The maximum Gasteiger partial charge on any atom is 0.414 e. The molecule has 2 aromatic rings. The number of ether oxygens (including phenoxy) is 2. The summed E-state index contributed by atoms with van der Waals surface area (Å²) in [5.74, 6) is 1.29. The van der Waals surface area contributed by atoms with E-state index >= 15 is 0 Å². The van der Waals surface area contributed by atoms with E-state index in [1.165, 1.54) is 24.8 Å². The summed E-state index contributed by atoms with van der Waals surface area (Å²) < 4.78 is 10.9. The first kappa shape index (κ1) is 21.2. The minimum atomic E-state index is -0.304. The van der Waals surface area contributed by atoms with Crippen LogP contribution in [0.2, 0.25) is 0 Å². The number of likely N-dealkylation sites (tertiary alicyclic amines) is 1. The second kappa shape index (κ2) is 9.88. The van der Waals surface area contributed by atoms with Crippen molar-refractivity contribution in [1.82, 2.24) is 15.2 Å². The maximum absolute atomic E-state index is 11.8. The van der Waals surface area contributed by atoms with Gasteiger partial charge in [-0.1, -0.05) is 30.3 Å². The normalized spacial score (nSPS) is 24.2. The van der Waals surface area contributed by atoms with Gasteiger partial charge in [-0.15, -0.1) is 0 Å². The Kier molecular flexibility index (Phi) is 6.55. The molecule has 3 aliphatic rings. The highest BCUT2D eigenvalue weighted by Gasteiger charge is 2.39. The van der Waals surface area contributed by atoms with Crippen LogP contribution in [0.15, 0.2) is 48.7 Å². The molecule has 2 aliphatic heterocycles. The van der Waals surface area contributed by atoms with E-state index in [2.05, 4.69) is 45.5 Å². The Morgan fingerprint density at radius 1 is 1.09 bits per heavy atom. The zero-order valence-electron chi connectivity index (χ0n) is 18.5. The summed E-state index contributed by atoms with van der Waals surface area (Å²) in [6, 6.07) is 15.8. The molecular formula is C25H32N4O3. The predicted molar refractivity (Wildman–Crippen MR) is 123 cm³/mol. The highest BCUT2D eigenvalue weighted by molar-refractivity contribution is 5.87. The average molecular weight is 437 g/mol. The van der Waals surface area contributed by atoms with Crippen molar-refractivity contribution in [3.63, 3.8) is 0 Å². The number of cyclic esters (lactones) is 1. The van der Waals surface area contributed by atoms with Crippen LogP contribution in [0.25, 0.3) is 0 Å². The molecule has 0 unspecified atom stereocenters. The van der Waals surface area contributed by atoms with Crippen molar-refractivity contribution in [2.24, 2.45) is 0 Å². The van der Waals surface area contributed by atoms with Crippen molar-refractivity contribution in [3.05, 3.63) is 54.2 Å². The molecule has 0 bridgehead atoms. The van der Waals surface area contributed by atoms with Crippen LogP contribution < -0.4 is 15.0 Å². The third kappa shape index (κ3) is 5.22. The topological polar surface area (TPSA) is 66.9 Å². The summed E-state index contributed by atoms with van der Waals surface area (Å²) in [6.45, 7) is 4.89. The van der Waals surface area contributed by atoms with Crippen LogP contribution in [0, 0.1) is 0 Å². The number of aromatic nitrogens is 1. The molecule has 3 fully saturated rings. The third-order valence-corrected chi connectivity index (χ3v) is 6.72. The van der Waals surface area contributed by atoms with Gasteiger partial charge in [0.15, 0.2) is 0 Å². The number of nitrogens with one attached hydrogen (secondary N) is 1. The van der Waals surface area contributed by atoms with E-state index < -0.39 is 0 Å². The van der Waals surface area contributed by atoms with Gasteiger partial charge in [0.1, 0.15) is 6.61 Å². The fourth-order valence-corrected chi connectivity index (χ4v) is 4.76. The lowest BCUT2D eigenvalue weighted by atomic mass is 10.0. The largest absolute Gasteiger partial charge is 0.476 e. The van der Waals surface area contributed by atoms with Crippen LogP contribution in [0.1, 0.15) is 37.2 Å². The van der Waals surface area contributed by atoms with E-state index in [9.17, 15) is 4.79 Å². The molecule has 2 atom stereocenters. The quantitative estimate of drug-likeness (QED) is 0.684. The van der Waals surface area contributed by atoms with Crippen LogP contribution in [-0.2, 0) is 4.74 Å². The SMILES string of the molecule is O=C1OCCCN1c1ccc(OCCN2CCC(N[C@@H]3C[C@H]3c3ccccc3)CC2)nc1. The Morgan fingerprint density at radius 3 is 2.69 bits per heavy atom. The lowest BCUT2D eigenvalue weighted by Crippen LogP contribution is -2.44. The second-order valence-electron chi connectivity index (χ2n) is 8.96. The molecule has 7 heteroatoms. The van der Waals surface area contributed by atoms with E-state index in [0.29, 0.717) is 43.6 Å². The van der Waals surface area contributed by atoms with Crippen LogP contribution in [-0.4, -0.2) is 67.5 Å². The van der Waals surface area contributed by atoms with Crippen molar-refractivity contribution in [2.75, 3.05) is 44.3 Å². The second-order valence-corrected chi connectivity index (χ2v) is 8.96. The first-order valence-corrected chi connectivity index (χ1v) is 11.8. The summed E-state index contributed by atoms with van der Waals surface area (Å²) in [4.78, 5) is 20.3. The molecule has 1 N–H and O–H groups in total. The number of amides is 1. The van der Waals surface area contributed by atoms with Crippen LogP contribution in [0.5, 0.6) is 5.88 Å². The average Bonchev–Trinajstić information content (AvgIpc) is 3.61. The van der Waals surface area contributed by atoms with Gasteiger partial charge in [-0.3, -0.25) is 9.80 Å². The lowest BCUT2D eigenvalue weighted by Gasteiger charge is -2.32. The first-order chi connectivity index (χ1) is 15.8. The minimum absolute atomic E-state index is 0.304. The van der Waals surface area contributed by atoms with Crippen LogP contribution in [0.3, 0.4) is 0 Å². The summed E-state index contributed by atoms with van der Waals surface area (Å²) in [5.41, 5.74) is 2.22. The molecule has 1 aliphatic carbocycles. The molecule has 5 rings (SSSR count). The lowest BCUT2D eigenvalue weighted by molar-refractivity contribution is 0.140. The summed E-state index contributed by atoms with van der Waals surface area (Å²) in [5, 5.41) is 3.87. The van der Waals surface area contributed by atoms with Gasteiger partial charge >= 0.3 is 6.09 Å². The molecule has 1 amide bonds. The van der Waals surface area contributed by atoms with Crippen molar-refractivity contribution < 1.29 is 14.3 Å². The molecular weight excluding hydrogens is 404 g/mol. The molecule has 1 saturated carbocycles. The smallest absolute Gasteiger partial charge is 0.414 e. The number of carbonyl (C=O) groups is 1. The first-order valence-electron chi connectivity index (χ1n) is 11.8. The number of anilines is 1. The van der Waals surface area contributed by atoms with Gasteiger partial charge in [0, 0.05) is 37.2 Å². The van der Waals surface area contributed by atoms with Gasteiger partial charge in [0.05, 0.1) is 18.5 Å². The van der Waals surface area contributed by atoms with Crippen molar-refractivity contribution in [3.8, 4) is 5.88 Å². The number of hydrogen-bond donors (Lipinski definition) is 1. The number of benzene rings is 1. The zero-order valence-corrected chi connectivity index (χ0v) is 18.5. The molecule has 2 saturated heterocycles. The number of nitrogens with zero attached hydrogens (tertiary/aromatic N) is 3. The van der Waals surface area contributed by atoms with Gasteiger partial charge in [-0.05, 0) is 50.4 Å². The maximum atomic E-state index is 11.8. The van der Waals surface area contributed by atoms with Crippen molar-refractivity contribution >= 4 is 11.8 Å². The summed E-state index contributed by atoms with van der Waals surface area (Å²) in [6.07, 6.45) is 5.86. The predicted octanol–water partition coefficient (Wildman–Crippen LogP) is 3.42. The molecule has 170 valence electrons. The van der Waals surface area contributed by atoms with E-state index in [1.807, 2.05) is 12.1 Å². The van der Waals surface area contributed by atoms with Crippen molar-refractivity contribution in [1.29, 1.82) is 0 Å².